The molecule has 1 saturated carbocycles. The molecule has 0 saturated heterocycles. The summed E-state index contributed by atoms with van der Waals surface area (Å²) >= 11 is 0. The molecule has 1 aromatic carbocycles. The minimum Gasteiger partial charge on any atom is -0.395 e. The van der Waals surface area contributed by atoms with E-state index in [1.807, 2.05) is 4.90 Å². The molecular formula is C13H16F3NO3S. The van der Waals surface area contributed by atoms with Gasteiger partial charge in [0.15, 0.2) is 0 Å². The predicted molar refractivity (Wildman–Crippen MR) is 71.8 cm³/mol. The fourth-order valence-corrected chi connectivity index (χ4v) is 3.04. The van der Waals surface area contributed by atoms with Crippen LogP contribution < -0.4 is 4.90 Å². The van der Waals surface area contributed by atoms with Crippen molar-refractivity contribution in [1.29, 1.82) is 0 Å². The number of sulfone groups is 1. The van der Waals surface area contributed by atoms with Gasteiger partial charge in [-0.25, -0.2) is 8.42 Å². The second-order valence-corrected chi connectivity index (χ2v) is 6.89. The van der Waals surface area contributed by atoms with E-state index in [0.717, 1.165) is 31.4 Å². The highest BCUT2D eigenvalue weighted by Crippen LogP contribution is 2.33. The standard InChI is InChI=1S/C13H16F3NO3S/c14-13(15,16)21(19,20)12-6-4-11(5-7-12)17(8-9-18)10-2-1-3-10/h4-7,10,18H,1-3,8-9H2. The number of rotatable bonds is 5. The fraction of sp³-hybridized carbons (Fsp3) is 0.538. The molecule has 0 aliphatic heterocycles. The summed E-state index contributed by atoms with van der Waals surface area (Å²) in [6.07, 6.45) is 3.00. The van der Waals surface area contributed by atoms with E-state index in [2.05, 4.69) is 0 Å². The molecule has 1 fully saturated rings. The van der Waals surface area contributed by atoms with Crippen molar-refractivity contribution in [3.63, 3.8) is 0 Å². The lowest BCUT2D eigenvalue weighted by Gasteiger charge is -2.39. The van der Waals surface area contributed by atoms with Gasteiger partial charge >= 0.3 is 5.51 Å². The third-order valence-electron chi connectivity index (χ3n) is 3.64. The second-order valence-electron chi connectivity index (χ2n) is 4.94. The monoisotopic (exact) mass is 323 g/mol. The Balaban J connectivity index is 2.25. The van der Waals surface area contributed by atoms with Crippen LogP contribution in [-0.4, -0.2) is 38.2 Å². The maximum Gasteiger partial charge on any atom is 0.501 e. The van der Waals surface area contributed by atoms with Crippen LogP contribution in [0.3, 0.4) is 0 Å². The number of aliphatic hydroxyl groups is 1. The van der Waals surface area contributed by atoms with Gasteiger partial charge in [-0.3, -0.25) is 0 Å². The summed E-state index contributed by atoms with van der Waals surface area (Å²) in [5.74, 6) is 0. The number of benzene rings is 1. The lowest BCUT2D eigenvalue weighted by molar-refractivity contribution is -0.0436. The Hall–Kier alpha value is -1.28. The number of anilines is 1. The summed E-state index contributed by atoms with van der Waals surface area (Å²) in [6.45, 7) is 0.301. The van der Waals surface area contributed by atoms with E-state index in [1.165, 1.54) is 12.1 Å². The van der Waals surface area contributed by atoms with Crippen molar-refractivity contribution in [2.45, 2.75) is 35.7 Å². The Morgan fingerprint density at radius 2 is 1.76 bits per heavy atom. The maximum absolute atomic E-state index is 12.5. The Kier molecular flexibility index (Phi) is 4.48. The first-order valence-corrected chi connectivity index (χ1v) is 8.04. The zero-order valence-electron chi connectivity index (χ0n) is 11.2. The summed E-state index contributed by atoms with van der Waals surface area (Å²) in [6, 6.07) is 4.88. The quantitative estimate of drug-likeness (QED) is 0.903. The van der Waals surface area contributed by atoms with Crippen LogP contribution in [-0.2, 0) is 9.84 Å². The molecule has 0 heterocycles. The molecule has 21 heavy (non-hydrogen) atoms. The van der Waals surface area contributed by atoms with Crippen molar-refractivity contribution in [3.05, 3.63) is 24.3 Å². The second kappa shape index (κ2) is 5.84. The molecule has 0 amide bonds. The smallest absolute Gasteiger partial charge is 0.395 e. The van der Waals surface area contributed by atoms with E-state index in [0.29, 0.717) is 12.2 Å². The first-order valence-electron chi connectivity index (χ1n) is 6.56. The molecule has 0 radical (unpaired) electrons. The third-order valence-corrected chi connectivity index (χ3v) is 5.14. The molecule has 118 valence electrons. The van der Waals surface area contributed by atoms with Gasteiger partial charge in [-0.05, 0) is 43.5 Å². The van der Waals surface area contributed by atoms with Crippen LogP contribution >= 0.6 is 0 Å². The molecular weight excluding hydrogens is 307 g/mol. The normalized spacial score (nSPS) is 16.6. The zero-order chi connectivity index (χ0) is 15.7. The van der Waals surface area contributed by atoms with E-state index in [4.69, 9.17) is 5.11 Å². The van der Waals surface area contributed by atoms with E-state index < -0.39 is 20.2 Å². The van der Waals surface area contributed by atoms with Crippen molar-refractivity contribution < 1.29 is 26.7 Å². The summed E-state index contributed by atoms with van der Waals surface area (Å²) in [4.78, 5) is 1.13. The number of hydrogen-bond acceptors (Lipinski definition) is 4. The van der Waals surface area contributed by atoms with Crippen molar-refractivity contribution in [2.75, 3.05) is 18.1 Å². The molecule has 0 aromatic heterocycles. The number of hydrogen-bond donors (Lipinski definition) is 1. The fourth-order valence-electron chi connectivity index (χ4n) is 2.28. The summed E-state index contributed by atoms with van der Waals surface area (Å²) in [5.41, 5.74) is -4.68. The van der Waals surface area contributed by atoms with Crippen LogP contribution in [0.1, 0.15) is 19.3 Å². The molecule has 1 aromatic rings. The molecule has 0 spiro atoms. The van der Waals surface area contributed by atoms with Gasteiger partial charge in [-0.15, -0.1) is 0 Å². The number of halogens is 3. The largest absolute Gasteiger partial charge is 0.501 e. The Bertz CT molecular complexity index is 580. The Morgan fingerprint density at radius 1 is 1.19 bits per heavy atom. The van der Waals surface area contributed by atoms with Gasteiger partial charge in [0.05, 0.1) is 11.5 Å². The lowest BCUT2D eigenvalue weighted by atomic mass is 9.91. The van der Waals surface area contributed by atoms with Crippen LogP contribution in [0.25, 0.3) is 0 Å². The van der Waals surface area contributed by atoms with Gasteiger partial charge in [0.1, 0.15) is 0 Å². The van der Waals surface area contributed by atoms with Crippen LogP contribution in [0.5, 0.6) is 0 Å². The van der Waals surface area contributed by atoms with Crippen LogP contribution in [0.2, 0.25) is 0 Å². The van der Waals surface area contributed by atoms with Gasteiger partial charge in [0.25, 0.3) is 9.84 Å². The van der Waals surface area contributed by atoms with Crippen molar-refractivity contribution in [3.8, 4) is 0 Å². The Labute approximate surface area is 121 Å². The van der Waals surface area contributed by atoms with Crippen LogP contribution in [0.15, 0.2) is 29.2 Å². The van der Waals surface area contributed by atoms with Crippen LogP contribution in [0, 0.1) is 0 Å². The van der Waals surface area contributed by atoms with E-state index in [-0.39, 0.29) is 12.6 Å². The minimum atomic E-state index is -5.31. The average Bonchev–Trinajstić information content (AvgIpc) is 2.35. The number of alkyl halides is 3. The topological polar surface area (TPSA) is 57.6 Å². The Morgan fingerprint density at radius 3 is 2.14 bits per heavy atom. The highest BCUT2D eigenvalue weighted by atomic mass is 32.2. The summed E-state index contributed by atoms with van der Waals surface area (Å²) in [5, 5.41) is 9.07. The van der Waals surface area contributed by atoms with Gasteiger partial charge in [0.2, 0.25) is 0 Å². The highest BCUT2D eigenvalue weighted by Gasteiger charge is 2.46. The lowest BCUT2D eigenvalue weighted by Crippen LogP contribution is -2.41. The predicted octanol–water partition coefficient (Wildman–Crippen LogP) is 2.33. The zero-order valence-corrected chi connectivity index (χ0v) is 12.0. The van der Waals surface area contributed by atoms with Gasteiger partial charge in [-0.1, -0.05) is 0 Å². The van der Waals surface area contributed by atoms with E-state index in [1.54, 1.807) is 0 Å². The molecule has 4 nitrogen and oxygen atoms in total. The van der Waals surface area contributed by atoms with Gasteiger partial charge < -0.3 is 10.0 Å². The third kappa shape index (κ3) is 3.16. The molecule has 1 aliphatic rings. The molecule has 0 atom stereocenters. The minimum absolute atomic E-state index is 0.0703. The van der Waals surface area contributed by atoms with Crippen molar-refractivity contribution in [2.24, 2.45) is 0 Å². The van der Waals surface area contributed by atoms with Crippen molar-refractivity contribution in [1.82, 2.24) is 0 Å². The molecule has 1 N–H and O–H groups in total. The SMILES string of the molecule is O=S(=O)(c1ccc(N(CCO)C2CCC2)cc1)C(F)(F)F. The summed E-state index contributed by atoms with van der Waals surface area (Å²) in [7, 11) is -5.31. The molecule has 8 heteroatoms. The molecule has 1 aliphatic carbocycles. The molecule has 0 bridgehead atoms. The van der Waals surface area contributed by atoms with Gasteiger partial charge in [-0.2, -0.15) is 13.2 Å². The number of nitrogens with zero attached hydrogens (tertiary/aromatic N) is 1. The molecule has 2 rings (SSSR count). The van der Waals surface area contributed by atoms with Crippen LogP contribution in [0.4, 0.5) is 18.9 Å². The van der Waals surface area contributed by atoms with E-state index in [9.17, 15) is 21.6 Å². The first kappa shape index (κ1) is 16.1. The average molecular weight is 323 g/mol. The number of aliphatic hydroxyl groups excluding tert-OH is 1. The van der Waals surface area contributed by atoms with E-state index >= 15 is 0 Å². The van der Waals surface area contributed by atoms with Crippen molar-refractivity contribution >= 4 is 15.5 Å². The first-order chi connectivity index (χ1) is 9.77. The summed E-state index contributed by atoms with van der Waals surface area (Å²) < 4.78 is 59.9. The highest BCUT2D eigenvalue weighted by molar-refractivity contribution is 7.92. The van der Waals surface area contributed by atoms with Gasteiger partial charge in [0, 0.05) is 18.3 Å². The molecule has 0 unspecified atom stereocenters. The maximum atomic E-state index is 12.5.